The van der Waals surface area contributed by atoms with Crippen molar-refractivity contribution in [2.75, 3.05) is 39.5 Å². The van der Waals surface area contributed by atoms with Crippen molar-refractivity contribution in [3.05, 3.63) is 39.7 Å². The number of hydrogen-bond donors (Lipinski definition) is 1. The molecule has 1 fully saturated rings. The molecule has 1 atom stereocenters. The van der Waals surface area contributed by atoms with E-state index in [1.165, 1.54) is 0 Å². The second kappa shape index (κ2) is 7.34. The van der Waals surface area contributed by atoms with Crippen LogP contribution in [0.15, 0.2) is 27.4 Å². The van der Waals surface area contributed by atoms with Gasteiger partial charge < -0.3 is 19.0 Å². The number of aryl methyl sites for hydroxylation is 1. The third kappa shape index (κ3) is 3.77. The number of benzene rings is 1. The summed E-state index contributed by atoms with van der Waals surface area (Å²) in [5.74, 6) is 0.579. The summed E-state index contributed by atoms with van der Waals surface area (Å²) in [7, 11) is 0. The lowest BCUT2D eigenvalue weighted by molar-refractivity contribution is 0.00466. The number of hydrogen-bond acceptors (Lipinski definition) is 6. The maximum absolute atomic E-state index is 11.8. The Morgan fingerprint density at radius 3 is 2.75 bits per heavy atom. The lowest BCUT2D eigenvalue weighted by Crippen LogP contribution is -2.42. The molecule has 0 saturated carbocycles. The molecule has 6 heteroatoms. The van der Waals surface area contributed by atoms with Crippen LogP contribution in [0.25, 0.3) is 11.0 Å². The van der Waals surface area contributed by atoms with E-state index in [1.54, 1.807) is 13.0 Å². The second-order valence-electron chi connectivity index (χ2n) is 6.18. The summed E-state index contributed by atoms with van der Waals surface area (Å²) in [6, 6.07) is 5.41. The number of nitrogens with zero attached hydrogens (tertiary/aromatic N) is 1. The van der Waals surface area contributed by atoms with Crippen molar-refractivity contribution < 1.29 is 19.0 Å². The maximum Gasteiger partial charge on any atom is 0.339 e. The predicted octanol–water partition coefficient (Wildman–Crippen LogP) is 1.48. The van der Waals surface area contributed by atoms with E-state index in [0.29, 0.717) is 36.7 Å². The van der Waals surface area contributed by atoms with Crippen LogP contribution in [0, 0.1) is 13.8 Å². The number of β-amino-alcohol motifs (C(OH)–C–C–N with tert-alkyl or cyclic N) is 1. The van der Waals surface area contributed by atoms with Crippen molar-refractivity contribution in [1.82, 2.24) is 4.90 Å². The minimum Gasteiger partial charge on any atom is -0.491 e. The number of ether oxygens (including phenoxy) is 2. The first kappa shape index (κ1) is 17.0. The number of aliphatic hydroxyl groups is 1. The van der Waals surface area contributed by atoms with Gasteiger partial charge in [-0.3, -0.25) is 4.90 Å². The van der Waals surface area contributed by atoms with Crippen molar-refractivity contribution in [1.29, 1.82) is 0 Å². The molecule has 3 rings (SSSR count). The van der Waals surface area contributed by atoms with Gasteiger partial charge in [0.05, 0.1) is 13.2 Å². The van der Waals surface area contributed by atoms with Gasteiger partial charge in [-0.25, -0.2) is 4.79 Å². The zero-order chi connectivity index (χ0) is 17.1. The molecule has 1 aliphatic rings. The average molecular weight is 333 g/mol. The highest BCUT2D eigenvalue weighted by Gasteiger charge is 2.15. The van der Waals surface area contributed by atoms with Crippen LogP contribution in [-0.4, -0.2) is 55.6 Å². The second-order valence-corrected chi connectivity index (χ2v) is 6.18. The van der Waals surface area contributed by atoms with Crippen LogP contribution >= 0.6 is 0 Å². The molecule has 0 aliphatic carbocycles. The van der Waals surface area contributed by atoms with Crippen molar-refractivity contribution in [2.24, 2.45) is 0 Å². The van der Waals surface area contributed by atoms with E-state index in [0.717, 1.165) is 24.0 Å². The van der Waals surface area contributed by atoms with Gasteiger partial charge in [0.2, 0.25) is 0 Å². The highest BCUT2D eigenvalue weighted by Crippen LogP contribution is 2.24. The first-order valence-corrected chi connectivity index (χ1v) is 8.19. The molecule has 2 heterocycles. The molecule has 0 amide bonds. The molecule has 0 radical (unpaired) electrons. The summed E-state index contributed by atoms with van der Waals surface area (Å²) < 4.78 is 16.3. The molecule has 6 nitrogen and oxygen atoms in total. The van der Waals surface area contributed by atoms with Crippen LogP contribution in [-0.2, 0) is 4.74 Å². The van der Waals surface area contributed by atoms with E-state index in [2.05, 4.69) is 4.90 Å². The van der Waals surface area contributed by atoms with Crippen LogP contribution < -0.4 is 10.4 Å². The molecule has 1 aromatic carbocycles. The normalized spacial score (nSPS) is 17.1. The van der Waals surface area contributed by atoms with E-state index < -0.39 is 6.10 Å². The Balaban J connectivity index is 1.65. The SMILES string of the molecule is Cc1c(C)c2ccc(OC[C@@H](O)CN3CCOCC3)cc2oc1=O. The molecule has 0 unspecified atom stereocenters. The van der Waals surface area contributed by atoms with Gasteiger partial charge in [0.25, 0.3) is 0 Å². The lowest BCUT2D eigenvalue weighted by Gasteiger charge is -2.28. The molecule has 1 saturated heterocycles. The summed E-state index contributed by atoms with van der Waals surface area (Å²) in [5.41, 5.74) is 1.71. The Kier molecular flexibility index (Phi) is 5.18. The fourth-order valence-corrected chi connectivity index (χ4v) is 2.85. The minimum atomic E-state index is -0.578. The standard InChI is InChI=1S/C18H23NO5/c1-12-13(2)18(21)24-17-9-15(3-4-16(12)17)23-11-14(20)10-19-5-7-22-8-6-19/h3-4,9,14,20H,5-8,10-11H2,1-2H3/t14-/m0/s1. The summed E-state index contributed by atoms with van der Waals surface area (Å²) in [4.78, 5) is 13.9. The molecule has 2 aromatic rings. The van der Waals surface area contributed by atoms with Gasteiger partial charge in [-0.1, -0.05) is 0 Å². The van der Waals surface area contributed by atoms with Crippen molar-refractivity contribution in [3.8, 4) is 5.75 Å². The summed E-state index contributed by atoms with van der Waals surface area (Å²) in [5, 5.41) is 11.0. The van der Waals surface area contributed by atoms with Crippen molar-refractivity contribution >= 4 is 11.0 Å². The smallest absolute Gasteiger partial charge is 0.339 e. The molecule has 1 aromatic heterocycles. The Morgan fingerprint density at radius 1 is 1.25 bits per heavy atom. The van der Waals surface area contributed by atoms with Crippen molar-refractivity contribution in [2.45, 2.75) is 20.0 Å². The number of aliphatic hydroxyl groups excluding tert-OH is 1. The summed E-state index contributed by atoms with van der Waals surface area (Å²) >= 11 is 0. The first-order valence-electron chi connectivity index (χ1n) is 8.19. The molecule has 1 N–H and O–H groups in total. The Labute approximate surface area is 140 Å². The van der Waals surface area contributed by atoms with Gasteiger partial charge >= 0.3 is 5.63 Å². The molecular formula is C18H23NO5. The molecule has 0 bridgehead atoms. The topological polar surface area (TPSA) is 72.1 Å². The van der Waals surface area contributed by atoms with E-state index in [1.807, 2.05) is 19.1 Å². The van der Waals surface area contributed by atoms with Crippen molar-refractivity contribution in [3.63, 3.8) is 0 Å². The molecule has 24 heavy (non-hydrogen) atoms. The quantitative estimate of drug-likeness (QED) is 0.836. The van der Waals surface area contributed by atoms with Gasteiger partial charge in [-0.15, -0.1) is 0 Å². The monoisotopic (exact) mass is 333 g/mol. The Bertz CT molecular complexity index is 764. The van der Waals surface area contributed by atoms with Crippen LogP contribution in [0.4, 0.5) is 0 Å². The number of rotatable bonds is 5. The van der Waals surface area contributed by atoms with Crippen LogP contribution in [0.3, 0.4) is 0 Å². The van der Waals surface area contributed by atoms with Gasteiger partial charge in [0, 0.05) is 36.7 Å². The highest BCUT2D eigenvalue weighted by molar-refractivity contribution is 5.82. The maximum atomic E-state index is 11.8. The minimum absolute atomic E-state index is 0.192. The zero-order valence-electron chi connectivity index (χ0n) is 14.1. The zero-order valence-corrected chi connectivity index (χ0v) is 14.1. The molecular weight excluding hydrogens is 310 g/mol. The van der Waals surface area contributed by atoms with Crippen LogP contribution in [0.2, 0.25) is 0 Å². The van der Waals surface area contributed by atoms with E-state index in [9.17, 15) is 9.90 Å². The average Bonchev–Trinajstić information content (AvgIpc) is 2.59. The fourth-order valence-electron chi connectivity index (χ4n) is 2.85. The van der Waals surface area contributed by atoms with Gasteiger partial charge in [0.1, 0.15) is 24.0 Å². The lowest BCUT2D eigenvalue weighted by atomic mass is 10.1. The molecule has 130 valence electrons. The molecule has 0 spiro atoms. The van der Waals surface area contributed by atoms with Crippen LogP contribution in [0.5, 0.6) is 5.75 Å². The number of fused-ring (bicyclic) bond motifs is 1. The van der Waals surface area contributed by atoms with Gasteiger partial charge in [0.15, 0.2) is 0 Å². The van der Waals surface area contributed by atoms with E-state index in [-0.39, 0.29) is 12.2 Å². The largest absolute Gasteiger partial charge is 0.491 e. The van der Waals surface area contributed by atoms with Gasteiger partial charge in [-0.05, 0) is 31.5 Å². The highest BCUT2D eigenvalue weighted by atomic mass is 16.5. The Hall–Kier alpha value is -1.89. The summed E-state index contributed by atoms with van der Waals surface area (Å²) in [6.45, 7) is 7.48. The predicted molar refractivity (Wildman–Crippen MR) is 90.7 cm³/mol. The van der Waals surface area contributed by atoms with E-state index >= 15 is 0 Å². The van der Waals surface area contributed by atoms with Gasteiger partial charge in [-0.2, -0.15) is 0 Å². The summed E-state index contributed by atoms with van der Waals surface area (Å²) in [6.07, 6.45) is -0.578. The molecule has 1 aliphatic heterocycles. The first-order chi connectivity index (χ1) is 11.5. The Morgan fingerprint density at radius 2 is 2.00 bits per heavy atom. The fraction of sp³-hybridized carbons (Fsp3) is 0.500. The third-order valence-corrected chi connectivity index (χ3v) is 4.44. The number of morpholine rings is 1. The third-order valence-electron chi connectivity index (χ3n) is 4.44. The van der Waals surface area contributed by atoms with Crippen LogP contribution in [0.1, 0.15) is 11.1 Å². The van der Waals surface area contributed by atoms with E-state index in [4.69, 9.17) is 13.9 Å².